The summed E-state index contributed by atoms with van der Waals surface area (Å²) in [5.74, 6) is 0.719. The molecular formula is C15H23IN4O2S3. The monoisotopic (exact) mass is 514 g/mol. The number of hydrogen-bond acceptors (Lipinski definition) is 5. The Hall–Kier alpha value is -0.690. The van der Waals surface area contributed by atoms with Crippen LogP contribution < -0.4 is 10.6 Å². The third kappa shape index (κ3) is 6.51. The van der Waals surface area contributed by atoms with Gasteiger partial charge in [0.15, 0.2) is 5.96 Å². The van der Waals surface area contributed by atoms with Crippen LogP contribution in [0.2, 0.25) is 0 Å². The number of halogens is 1. The Kier molecular flexibility index (Phi) is 9.35. The third-order valence-corrected chi connectivity index (χ3v) is 7.35. The van der Waals surface area contributed by atoms with E-state index in [4.69, 9.17) is 0 Å². The second-order valence-electron chi connectivity index (χ2n) is 5.14. The first-order valence-electron chi connectivity index (χ1n) is 7.49. The van der Waals surface area contributed by atoms with Gasteiger partial charge in [-0.1, -0.05) is 6.07 Å². The van der Waals surface area contributed by atoms with Crippen LogP contribution in [-0.4, -0.2) is 39.3 Å². The molecule has 0 unspecified atom stereocenters. The molecule has 0 saturated heterocycles. The SMILES string of the molecule is CCNC(=NCc1ccc(S(=O)(=O)N(C)C)s1)NCc1cccs1.I. The van der Waals surface area contributed by atoms with Crippen molar-refractivity contribution in [1.29, 1.82) is 0 Å². The summed E-state index contributed by atoms with van der Waals surface area (Å²) in [5, 5.41) is 8.51. The largest absolute Gasteiger partial charge is 0.357 e. The Labute approximate surface area is 174 Å². The molecule has 2 heterocycles. The zero-order valence-electron chi connectivity index (χ0n) is 14.4. The number of guanidine groups is 1. The maximum atomic E-state index is 12.1. The zero-order valence-corrected chi connectivity index (χ0v) is 19.1. The van der Waals surface area contributed by atoms with E-state index in [1.54, 1.807) is 17.4 Å². The molecule has 2 N–H and O–H groups in total. The molecule has 6 nitrogen and oxygen atoms in total. The van der Waals surface area contributed by atoms with Crippen LogP contribution in [0.3, 0.4) is 0 Å². The molecule has 0 fully saturated rings. The average Bonchev–Trinajstić information content (AvgIpc) is 3.21. The van der Waals surface area contributed by atoms with Gasteiger partial charge in [-0.3, -0.25) is 0 Å². The molecule has 0 saturated carbocycles. The van der Waals surface area contributed by atoms with Crippen molar-refractivity contribution in [3.05, 3.63) is 39.4 Å². The van der Waals surface area contributed by atoms with Gasteiger partial charge in [-0.2, -0.15) is 0 Å². The standard InChI is InChI=1S/C15H22N4O2S3.HI/c1-4-16-15(17-10-12-6-5-9-22-12)18-11-13-7-8-14(23-13)24(20,21)19(2)3;/h5-9H,4,10-11H2,1-3H3,(H2,16,17,18);1H. The van der Waals surface area contributed by atoms with Gasteiger partial charge in [0.1, 0.15) is 4.21 Å². The normalized spacial score (nSPS) is 12.1. The molecule has 0 radical (unpaired) electrons. The number of nitrogens with one attached hydrogen (secondary N) is 2. The highest BCUT2D eigenvalue weighted by molar-refractivity contribution is 14.0. The van der Waals surface area contributed by atoms with Gasteiger partial charge in [0.25, 0.3) is 10.0 Å². The second-order valence-corrected chi connectivity index (χ2v) is 9.72. The minimum atomic E-state index is -3.37. The number of rotatable bonds is 7. The highest BCUT2D eigenvalue weighted by Gasteiger charge is 2.19. The highest BCUT2D eigenvalue weighted by atomic mass is 127. The smallest absolute Gasteiger partial charge is 0.252 e. The van der Waals surface area contributed by atoms with Crippen molar-refractivity contribution >= 4 is 62.6 Å². The van der Waals surface area contributed by atoms with Crippen molar-refractivity contribution in [3.8, 4) is 0 Å². The topological polar surface area (TPSA) is 73.8 Å². The van der Waals surface area contributed by atoms with E-state index in [9.17, 15) is 8.42 Å². The van der Waals surface area contributed by atoms with Crippen LogP contribution in [0.5, 0.6) is 0 Å². The molecule has 25 heavy (non-hydrogen) atoms. The molecule has 10 heteroatoms. The summed E-state index contributed by atoms with van der Waals surface area (Å²) in [4.78, 5) is 6.66. The molecule has 2 aromatic rings. The van der Waals surface area contributed by atoms with Crippen LogP contribution >= 0.6 is 46.7 Å². The maximum absolute atomic E-state index is 12.1. The summed E-state index contributed by atoms with van der Waals surface area (Å²) in [5.41, 5.74) is 0. The maximum Gasteiger partial charge on any atom is 0.252 e. The number of aliphatic imine (C=N–C) groups is 1. The minimum Gasteiger partial charge on any atom is -0.357 e. The van der Waals surface area contributed by atoms with Crippen molar-refractivity contribution < 1.29 is 8.42 Å². The van der Waals surface area contributed by atoms with Gasteiger partial charge in [-0.25, -0.2) is 17.7 Å². The minimum absolute atomic E-state index is 0. The Morgan fingerprint density at radius 2 is 1.96 bits per heavy atom. The first-order valence-corrected chi connectivity index (χ1v) is 10.6. The van der Waals surface area contributed by atoms with Crippen molar-refractivity contribution in [2.24, 2.45) is 4.99 Å². The van der Waals surface area contributed by atoms with E-state index in [-0.39, 0.29) is 24.0 Å². The Balaban J connectivity index is 0.00000312. The van der Waals surface area contributed by atoms with Crippen LogP contribution in [-0.2, 0) is 23.1 Å². The molecule has 0 amide bonds. The molecule has 0 bridgehead atoms. The fourth-order valence-corrected chi connectivity index (χ4v) is 4.94. The second kappa shape index (κ2) is 10.5. The quantitative estimate of drug-likeness (QED) is 0.339. The number of thiophene rings is 2. The van der Waals surface area contributed by atoms with Gasteiger partial charge in [0.2, 0.25) is 0 Å². The highest BCUT2D eigenvalue weighted by Crippen LogP contribution is 2.24. The molecule has 0 aromatic carbocycles. The van der Waals surface area contributed by atoms with E-state index in [0.717, 1.165) is 17.4 Å². The van der Waals surface area contributed by atoms with E-state index >= 15 is 0 Å². The summed E-state index contributed by atoms with van der Waals surface area (Å²) in [6.07, 6.45) is 0. The molecule has 0 aliphatic carbocycles. The Bertz CT molecular complexity index is 771. The zero-order chi connectivity index (χ0) is 17.6. The van der Waals surface area contributed by atoms with Crippen molar-refractivity contribution in [2.75, 3.05) is 20.6 Å². The van der Waals surface area contributed by atoms with Crippen LogP contribution in [0.25, 0.3) is 0 Å². The molecule has 140 valence electrons. The first-order chi connectivity index (χ1) is 11.4. The van der Waals surface area contributed by atoms with Gasteiger partial charge < -0.3 is 10.6 Å². The van der Waals surface area contributed by atoms with E-state index in [1.165, 1.54) is 34.6 Å². The number of hydrogen-bond donors (Lipinski definition) is 2. The fraction of sp³-hybridized carbons (Fsp3) is 0.400. The van der Waals surface area contributed by atoms with Gasteiger partial charge in [0, 0.05) is 30.4 Å². The van der Waals surface area contributed by atoms with Gasteiger partial charge in [0.05, 0.1) is 13.1 Å². The third-order valence-electron chi connectivity index (χ3n) is 3.12. The lowest BCUT2D eigenvalue weighted by Crippen LogP contribution is -2.36. The van der Waals surface area contributed by atoms with E-state index in [1.807, 2.05) is 24.4 Å². The lowest BCUT2D eigenvalue weighted by atomic mass is 10.4. The summed E-state index contributed by atoms with van der Waals surface area (Å²) < 4.78 is 25.8. The summed E-state index contributed by atoms with van der Waals surface area (Å²) >= 11 is 2.95. The van der Waals surface area contributed by atoms with E-state index < -0.39 is 10.0 Å². The predicted octanol–water partition coefficient (Wildman–Crippen LogP) is 2.93. The molecule has 2 aromatic heterocycles. The van der Waals surface area contributed by atoms with Crippen molar-refractivity contribution in [2.45, 2.75) is 24.2 Å². The molecular weight excluding hydrogens is 491 g/mol. The molecule has 0 spiro atoms. The molecule has 0 aliphatic rings. The van der Waals surface area contributed by atoms with Crippen LogP contribution in [0, 0.1) is 0 Å². The summed E-state index contributed by atoms with van der Waals surface area (Å²) in [6, 6.07) is 7.53. The molecule has 2 rings (SSSR count). The van der Waals surface area contributed by atoms with Crippen LogP contribution in [0.4, 0.5) is 0 Å². The van der Waals surface area contributed by atoms with Crippen LogP contribution in [0.1, 0.15) is 16.7 Å². The summed E-state index contributed by atoms with van der Waals surface area (Å²) in [7, 11) is -0.306. The van der Waals surface area contributed by atoms with Crippen LogP contribution in [0.15, 0.2) is 38.8 Å². The Morgan fingerprint density at radius 1 is 1.20 bits per heavy atom. The summed E-state index contributed by atoms with van der Waals surface area (Å²) in [6.45, 7) is 3.93. The van der Waals surface area contributed by atoms with Gasteiger partial charge in [-0.15, -0.1) is 46.7 Å². The molecule has 0 aliphatic heterocycles. The average molecular weight is 514 g/mol. The predicted molar refractivity (Wildman–Crippen MR) is 117 cm³/mol. The van der Waals surface area contributed by atoms with Gasteiger partial charge >= 0.3 is 0 Å². The first kappa shape index (κ1) is 22.4. The fourth-order valence-electron chi connectivity index (χ4n) is 1.84. The van der Waals surface area contributed by atoms with E-state index in [0.29, 0.717) is 17.3 Å². The van der Waals surface area contributed by atoms with E-state index in [2.05, 4.69) is 21.7 Å². The van der Waals surface area contributed by atoms with Crippen molar-refractivity contribution in [3.63, 3.8) is 0 Å². The number of nitrogens with zero attached hydrogens (tertiary/aromatic N) is 2. The van der Waals surface area contributed by atoms with Crippen molar-refractivity contribution in [1.82, 2.24) is 14.9 Å². The van der Waals surface area contributed by atoms with Gasteiger partial charge in [-0.05, 0) is 30.5 Å². The molecule has 0 atom stereocenters. The number of sulfonamides is 1. The Morgan fingerprint density at radius 3 is 2.56 bits per heavy atom. The lowest BCUT2D eigenvalue weighted by molar-refractivity contribution is 0.523. The lowest BCUT2D eigenvalue weighted by Gasteiger charge is -2.10.